The zero-order valence-electron chi connectivity index (χ0n) is 7.42. The van der Waals surface area contributed by atoms with Crippen LogP contribution in [0, 0.1) is 0 Å². The number of aliphatic hydroxyl groups is 1. The molecule has 1 saturated carbocycles. The lowest BCUT2D eigenvalue weighted by Gasteiger charge is -2.13. The number of carbonyl (C=O) groups excluding carboxylic acids is 1. The molecule has 0 atom stereocenters. The number of thiophene rings is 1. The SMILES string of the molecule is O=C(NC1(CO)CC1)c1sccc1Cl. The van der Waals surface area contributed by atoms with E-state index in [2.05, 4.69) is 5.32 Å². The van der Waals surface area contributed by atoms with Crippen LogP contribution >= 0.6 is 22.9 Å². The van der Waals surface area contributed by atoms with Gasteiger partial charge in [-0.25, -0.2) is 0 Å². The van der Waals surface area contributed by atoms with Crippen LogP contribution in [0.5, 0.6) is 0 Å². The predicted molar refractivity (Wildman–Crippen MR) is 55.8 cm³/mol. The summed E-state index contributed by atoms with van der Waals surface area (Å²) in [4.78, 5) is 12.2. The Balaban J connectivity index is 2.07. The molecule has 1 fully saturated rings. The van der Waals surface area contributed by atoms with Gasteiger partial charge in [-0.05, 0) is 24.3 Å². The van der Waals surface area contributed by atoms with Crippen molar-refractivity contribution in [3.05, 3.63) is 21.3 Å². The zero-order chi connectivity index (χ0) is 10.2. The first-order chi connectivity index (χ1) is 6.67. The normalized spacial score (nSPS) is 17.9. The highest BCUT2D eigenvalue weighted by molar-refractivity contribution is 7.12. The summed E-state index contributed by atoms with van der Waals surface area (Å²) in [5.74, 6) is -0.184. The second-order valence-electron chi connectivity index (χ2n) is 3.49. The Labute approximate surface area is 90.7 Å². The van der Waals surface area contributed by atoms with Gasteiger partial charge in [0.2, 0.25) is 0 Å². The molecule has 0 radical (unpaired) electrons. The summed E-state index contributed by atoms with van der Waals surface area (Å²) in [5, 5.41) is 14.1. The lowest BCUT2D eigenvalue weighted by Crippen LogP contribution is -2.39. The molecular formula is C9H10ClNO2S. The first-order valence-corrected chi connectivity index (χ1v) is 5.59. The van der Waals surface area contributed by atoms with Crippen molar-refractivity contribution in [1.29, 1.82) is 0 Å². The van der Waals surface area contributed by atoms with Gasteiger partial charge in [0.05, 0.1) is 17.2 Å². The van der Waals surface area contributed by atoms with E-state index in [0.29, 0.717) is 9.90 Å². The maximum atomic E-state index is 11.6. The fourth-order valence-electron chi connectivity index (χ4n) is 1.23. The predicted octanol–water partition coefficient (Wildman–Crippen LogP) is 1.66. The Morgan fingerprint density at radius 2 is 2.43 bits per heavy atom. The number of halogens is 1. The quantitative estimate of drug-likeness (QED) is 0.831. The summed E-state index contributed by atoms with van der Waals surface area (Å²) >= 11 is 7.13. The van der Waals surface area contributed by atoms with E-state index in [1.165, 1.54) is 11.3 Å². The van der Waals surface area contributed by atoms with Crippen LogP contribution in [0.1, 0.15) is 22.5 Å². The molecule has 1 heterocycles. The topological polar surface area (TPSA) is 49.3 Å². The Hall–Kier alpha value is -0.580. The number of hydrogen-bond acceptors (Lipinski definition) is 3. The smallest absolute Gasteiger partial charge is 0.263 e. The Kier molecular flexibility index (Phi) is 2.51. The highest BCUT2D eigenvalue weighted by Gasteiger charge is 2.43. The lowest BCUT2D eigenvalue weighted by atomic mass is 10.3. The van der Waals surface area contributed by atoms with Crippen molar-refractivity contribution in [2.24, 2.45) is 0 Å². The minimum atomic E-state index is -0.371. The highest BCUT2D eigenvalue weighted by atomic mass is 35.5. The van der Waals surface area contributed by atoms with Gasteiger partial charge in [-0.3, -0.25) is 4.79 Å². The molecule has 76 valence electrons. The molecule has 1 aromatic rings. The Morgan fingerprint density at radius 3 is 2.86 bits per heavy atom. The van der Waals surface area contributed by atoms with E-state index < -0.39 is 0 Å². The maximum Gasteiger partial charge on any atom is 0.263 e. The molecule has 1 aliphatic rings. The summed E-state index contributed by atoms with van der Waals surface area (Å²) in [6, 6.07) is 1.69. The monoisotopic (exact) mass is 231 g/mol. The van der Waals surface area contributed by atoms with Gasteiger partial charge in [0.15, 0.2) is 0 Å². The summed E-state index contributed by atoms with van der Waals surface area (Å²) in [6.07, 6.45) is 1.69. The van der Waals surface area contributed by atoms with Gasteiger partial charge in [-0.15, -0.1) is 11.3 Å². The third-order valence-corrected chi connectivity index (χ3v) is 3.70. The average Bonchev–Trinajstić information content (AvgIpc) is 2.80. The molecule has 14 heavy (non-hydrogen) atoms. The van der Waals surface area contributed by atoms with Gasteiger partial charge in [0, 0.05) is 0 Å². The second kappa shape index (κ2) is 3.53. The molecule has 0 bridgehead atoms. The van der Waals surface area contributed by atoms with Gasteiger partial charge in [0.25, 0.3) is 5.91 Å². The van der Waals surface area contributed by atoms with E-state index in [0.717, 1.165) is 12.8 Å². The molecule has 0 aromatic carbocycles. The number of carbonyl (C=O) groups is 1. The fourth-order valence-corrected chi connectivity index (χ4v) is 2.26. The van der Waals surface area contributed by atoms with Gasteiger partial charge in [-0.2, -0.15) is 0 Å². The average molecular weight is 232 g/mol. The van der Waals surface area contributed by atoms with E-state index in [1.807, 2.05) is 0 Å². The van der Waals surface area contributed by atoms with Crippen molar-refractivity contribution in [3.63, 3.8) is 0 Å². The largest absolute Gasteiger partial charge is 0.394 e. The molecule has 3 nitrogen and oxygen atoms in total. The molecule has 0 spiro atoms. The van der Waals surface area contributed by atoms with Crippen molar-refractivity contribution in [2.75, 3.05) is 6.61 Å². The lowest BCUT2D eigenvalue weighted by molar-refractivity contribution is 0.0911. The third kappa shape index (κ3) is 1.78. The first-order valence-electron chi connectivity index (χ1n) is 4.33. The molecule has 5 heteroatoms. The van der Waals surface area contributed by atoms with Crippen molar-refractivity contribution < 1.29 is 9.90 Å². The van der Waals surface area contributed by atoms with Crippen molar-refractivity contribution >= 4 is 28.8 Å². The Bertz CT molecular complexity index is 359. The molecule has 2 N–H and O–H groups in total. The first kappa shape index (κ1) is 9.96. The Morgan fingerprint density at radius 1 is 1.71 bits per heavy atom. The number of amides is 1. The van der Waals surface area contributed by atoms with Crippen molar-refractivity contribution in [3.8, 4) is 0 Å². The molecule has 0 saturated heterocycles. The van der Waals surface area contributed by atoms with E-state index in [9.17, 15) is 4.79 Å². The van der Waals surface area contributed by atoms with Crippen LogP contribution < -0.4 is 5.32 Å². The molecule has 2 rings (SSSR count). The van der Waals surface area contributed by atoms with Gasteiger partial charge >= 0.3 is 0 Å². The summed E-state index contributed by atoms with van der Waals surface area (Å²) < 4.78 is 0. The van der Waals surface area contributed by atoms with Crippen molar-refractivity contribution in [2.45, 2.75) is 18.4 Å². The summed E-state index contributed by atoms with van der Waals surface area (Å²) in [7, 11) is 0. The molecular weight excluding hydrogens is 222 g/mol. The number of nitrogens with one attached hydrogen (secondary N) is 1. The van der Waals surface area contributed by atoms with E-state index >= 15 is 0 Å². The molecule has 0 aliphatic heterocycles. The standard InChI is InChI=1S/C9H10ClNO2S/c10-6-1-4-14-7(6)8(13)11-9(5-12)2-3-9/h1,4,12H,2-3,5H2,(H,11,13). The summed E-state index contributed by atoms with van der Waals surface area (Å²) in [5.41, 5.74) is -0.371. The molecule has 1 amide bonds. The molecule has 0 unspecified atom stereocenters. The van der Waals surface area contributed by atoms with E-state index in [-0.39, 0.29) is 18.1 Å². The van der Waals surface area contributed by atoms with E-state index in [1.54, 1.807) is 11.4 Å². The third-order valence-electron chi connectivity index (χ3n) is 2.36. The van der Waals surface area contributed by atoms with Crippen LogP contribution in [-0.2, 0) is 0 Å². The number of aliphatic hydroxyl groups excluding tert-OH is 1. The van der Waals surface area contributed by atoms with Gasteiger partial charge < -0.3 is 10.4 Å². The molecule has 1 aliphatic carbocycles. The van der Waals surface area contributed by atoms with Crippen LogP contribution in [0.25, 0.3) is 0 Å². The minimum Gasteiger partial charge on any atom is -0.394 e. The number of rotatable bonds is 3. The minimum absolute atomic E-state index is 0.00172. The summed E-state index contributed by atoms with van der Waals surface area (Å²) in [6.45, 7) is 0.00172. The van der Waals surface area contributed by atoms with Crippen LogP contribution in [0.2, 0.25) is 5.02 Å². The number of hydrogen-bond donors (Lipinski definition) is 2. The maximum absolute atomic E-state index is 11.6. The van der Waals surface area contributed by atoms with Crippen LogP contribution in [0.3, 0.4) is 0 Å². The van der Waals surface area contributed by atoms with Gasteiger partial charge in [0.1, 0.15) is 4.88 Å². The fraction of sp³-hybridized carbons (Fsp3) is 0.444. The zero-order valence-corrected chi connectivity index (χ0v) is 8.99. The van der Waals surface area contributed by atoms with Crippen molar-refractivity contribution in [1.82, 2.24) is 5.32 Å². The highest BCUT2D eigenvalue weighted by Crippen LogP contribution is 2.35. The van der Waals surface area contributed by atoms with E-state index in [4.69, 9.17) is 16.7 Å². The van der Waals surface area contributed by atoms with Crippen LogP contribution in [0.4, 0.5) is 0 Å². The second-order valence-corrected chi connectivity index (χ2v) is 4.81. The molecule has 1 aromatic heterocycles. The van der Waals surface area contributed by atoms with Crippen LogP contribution in [0.15, 0.2) is 11.4 Å². The van der Waals surface area contributed by atoms with Gasteiger partial charge in [-0.1, -0.05) is 11.6 Å². The van der Waals surface area contributed by atoms with Crippen LogP contribution in [-0.4, -0.2) is 23.2 Å².